The predicted molar refractivity (Wildman–Crippen MR) is 101 cm³/mol. The fourth-order valence-corrected chi connectivity index (χ4v) is 3.75. The summed E-state index contributed by atoms with van der Waals surface area (Å²) in [6.07, 6.45) is 1.55. The van der Waals surface area contributed by atoms with Gasteiger partial charge < -0.3 is 9.47 Å². The van der Waals surface area contributed by atoms with E-state index in [-0.39, 0.29) is 37.0 Å². The van der Waals surface area contributed by atoms with Crippen molar-refractivity contribution in [2.24, 2.45) is 0 Å². The van der Waals surface area contributed by atoms with Crippen LogP contribution in [0.4, 0.5) is 13.6 Å². The van der Waals surface area contributed by atoms with Gasteiger partial charge >= 0.3 is 6.09 Å². The molecule has 0 spiro atoms. The Hall–Kier alpha value is -3.24. The van der Waals surface area contributed by atoms with Gasteiger partial charge in [-0.3, -0.25) is 4.90 Å². The molecule has 1 saturated heterocycles. The Labute approximate surface area is 166 Å². The fourth-order valence-electron chi connectivity index (χ4n) is 3.75. The number of fused-ring (bicyclic) bond motifs is 2. The van der Waals surface area contributed by atoms with E-state index in [9.17, 15) is 13.6 Å². The Morgan fingerprint density at radius 1 is 1.21 bits per heavy atom. The molecule has 2 atom stereocenters. The van der Waals surface area contributed by atoms with Gasteiger partial charge in [-0.05, 0) is 29.7 Å². The van der Waals surface area contributed by atoms with Crippen molar-refractivity contribution in [3.05, 3.63) is 76.9 Å². The summed E-state index contributed by atoms with van der Waals surface area (Å²) in [6.45, 7) is 0.692. The van der Waals surface area contributed by atoms with E-state index in [0.717, 1.165) is 17.7 Å². The molecule has 1 amide bonds. The van der Waals surface area contributed by atoms with Gasteiger partial charge in [0.1, 0.15) is 24.3 Å². The van der Waals surface area contributed by atoms with Crippen LogP contribution in [0, 0.1) is 23.0 Å². The van der Waals surface area contributed by atoms with Gasteiger partial charge in [-0.2, -0.15) is 5.26 Å². The zero-order valence-electron chi connectivity index (χ0n) is 15.5. The van der Waals surface area contributed by atoms with E-state index in [1.165, 1.54) is 0 Å². The summed E-state index contributed by atoms with van der Waals surface area (Å²) in [7, 11) is 0. The summed E-state index contributed by atoms with van der Waals surface area (Å²) in [5, 5.41) is 8.86. The molecule has 29 heavy (non-hydrogen) atoms. The van der Waals surface area contributed by atoms with Crippen molar-refractivity contribution < 1.29 is 23.0 Å². The summed E-state index contributed by atoms with van der Waals surface area (Å²) in [4.78, 5) is 14.3. The highest BCUT2D eigenvalue weighted by molar-refractivity contribution is 5.75. The molecule has 2 aromatic carbocycles. The number of rotatable bonds is 3. The van der Waals surface area contributed by atoms with E-state index in [1.54, 1.807) is 17.0 Å². The first-order valence-electron chi connectivity index (χ1n) is 9.24. The van der Waals surface area contributed by atoms with Crippen LogP contribution in [0.1, 0.15) is 23.1 Å². The molecular weight excluding hydrogens is 378 g/mol. The molecule has 2 aliphatic rings. The molecule has 0 N–H and O–H groups in total. The highest BCUT2D eigenvalue weighted by atomic mass is 19.1. The Kier molecular flexibility index (Phi) is 5.28. The number of nitrogens with zero attached hydrogens (tertiary/aromatic N) is 2. The quantitative estimate of drug-likeness (QED) is 0.786. The van der Waals surface area contributed by atoms with Gasteiger partial charge in [-0.25, -0.2) is 13.6 Å². The molecule has 0 aliphatic carbocycles. The number of hydrogen-bond donors (Lipinski definition) is 0. The van der Waals surface area contributed by atoms with E-state index < -0.39 is 23.8 Å². The van der Waals surface area contributed by atoms with Crippen LogP contribution in [0.5, 0.6) is 0 Å². The lowest BCUT2D eigenvalue weighted by Crippen LogP contribution is -2.56. The summed E-state index contributed by atoms with van der Waals surface area (Å²) in [5.41, 5.74) is 1.25. The minimum atomic E-state index is -0.768. The van der Waals surface area contributed by atoms with Crippen LogP contribution >= 0.6 is 0 Å². The maximum absolute atomic E-state index is 14.4. The van der Waals surface area contributed by atoms with Crippen LogP contribution in [0.25, 0.3) is 5.57 Å². The summed E-state index contributed by atoms with van der Waals surface area (Å²) < 4.78 is 39.5. The first kappa shape index (κ1) is 19.1. The number of carbonyl (C=O) groups is 1. The number of carbonyl (C=O) groups excluding carboxylic acids is 1. The third kappa shape index (κ3) is 3.84. The van der Waals surface area contributed by atoms with Gasteiger partial charge in [-0.15, -0.1) is 0 Å². The second-order valence-corrected chi connectivity index (χ2v) is 7.03. The summed E-state index contributed by atoms with van der Waals surface area (Å²) in [5.74, 6) is -1.43. The SMILES string of the molecule is N#Cc1cc(F)c(C2=CC3COCC(C2)N3C(=O)OCc2ccccc2)cc1F. The first-order valence-corrected chi connectivity index (χ1v) is 9.24. The van der Waals surface area contributed by atoms with Crippen molar-refractivity contribution in [3.63, 3.8) is 0 Å². The molecule has 4 rings (SSSR count). The van der Waals surface area contributed by atoms with Crippen molar-refractivity contribution in [1.29, 1.82) is 5.26 Å². The van der Waals surface area contributed by atoms with E-state index >= 15 is 0 Å². The van der Waals surface area contributed by atoms with Gasteiger partial charge in [0.25, 0.3) is 0 Å². The number of morpholine rings is 1. The highest BCUT2D eigenvalue weighted by Crippen LogP contribution is 2.34. The Morgan fingerprint density at radius 2 is 2.00 bits per heavy atom. The zero-order chi connectivity index (χ0) is 20.4. The van der Waals surface area contributed by atoms with E-state index in [2.05, 4.69) is 0 Å². The molecule has 0 saturated carbocycles. The number of halogens is 2. The molecule has 2 aliphatic heterocycles. The maximum Gasteiger partial charge on any atom is 0.411 e. The maximum atomic E-state index is 14.4. The molecule has 2 unspecified atom stereocenters. The van der Waals surface area contributed by atoms with E-state index in [0.29, 0.717) is 12.0 Å². The van der Waals surface area contributed by atoms with Crippen LogP contribution in [0.2, 0.25) is 0 Å². The van der Waals surface area contributed by atoms with Crippen molar-refractivity contribution >= 4 is 11.7 Å². The standard InChI is InChI=1S/C22H18F2N2O3/c23-20-9-19(21(24)8-16(20)10-25)15-6-17-12-28-13-18(7-15)26(17)22(27)29-11-14-4-2-1-3-5-14/h1-6,8-9,17-18H,7,11-13H2. The largest absolute Gasteiger partial charge is 0.445 e. The Bertz CT molecular complexity index is 1000. The third-order valence-corrected chi connectivity index (χ3v) is 5.14. The van der Waals surface area contributed by atoms with Gasteiger partial charge in [0.05, 0.1) is 30.9 Å². The molecule has 0 aromatic heterocycles. The predicted octanol–water partition coefficient (Wildman–Crippen LogP) is 4.03. The van der Waals surface area contributed by atoms with Gasteiger partial charge in [0.15, 0.2) is 0 Å². The molecular formula is C22H18F2N2O3. The second-order valence-electron chi connectivity index (χ2n) is 7.03. The number of hydrogen-bond acceptors (Lipinski definition) is 4. The van der Waals surface area contributed by atoms with Crippen LogP contribution in [-0.2, 0) is 16.1 Å². The number of benzene rings is 2. The van der Waals surface area contributed by atoms with Crippen LogP contribution in [0.3, 0.4) is 0 Å². The van der Waals surface area contributed by atoms with Crippen molar-refractivity contribution in [2.75, 3.05) is 13.2 Å². The number of nitriles is 1. The van der Waals surface area contributed by atoms with Crippen molar-refractivity contribution in [1.82, 2.24) is 4.90 Å². The summed E-state index contributed by atoms with van der Waals surface area (Å²) in [6, 6.07) is 12.2. The molecule has 7 heteroatoms. The highest BCUT2D eigenvalue weighted by Gasteiger charge is 2.39. The van der Waals surface area contributed by atoms with Crippen LogP contribution in [0.15, 0.2) is 48.5 Å². The lowest BCUT2D eigenvalue weighted by molar-refractivity contribution is -0.0342. The molecule has 148 valence electrons. The molecule has 5 nitrogen and oxygen atoms in total. The monoisotopic (exact) mass is 396 g/mol. The molecule has 1 fully saturated rings. The van der Waals surface area contributed by atoms with Gasteiger partial charge in [-0.1, -0.05) is 36.4 Å². The van der Waals surface area contributed by atoms with Crippen molar-refractivity contribution in [3.8, 4) is 6.07 Å². The van der Waals surface area contributed by atoms with E-state index in [4.69, 9.17) is 14.7 Å². The molecule has 2 heterocycles. The van der Waals surface area contributed by atoms with Gasteiger partial charge in [0, 0.05) is 5.56 Å². The number of ether oxygens (including phenoxy) is 2. The smallest absolute Gasteiger partial charge is 0.411 e. The van der Waals surface area contributed by atoms with Crippen LogP contribution in [-0.4, -0.2) is 36.3 Å². The minimum Gasteiger partial charge on any atom is -0.445 e. The second kappa shape index (κ2) is 8.02. The Balaban J connectivity index is 1.55. The first-order chi connectivity index (χ1) is 14.1. The normalized spacial score (nSPS) is 20.6. The van der Waals surface area contributed by atoms with Crippen molar-refractivity contribution in [2.45, 2.75) is 25.1 Å². The minimum absolute atomic E-state index is 0.107. The fraction of sp³-hybridized carbons (Fsp3) is 0.273. The average Bonchev–Trinajstić information content (AvgIpc) is 2.73. The molecule has 2 aromatic rings. The third-order valence-electron chi connectivity index (χ3n) is 5.14. The number of amides is 1. The lowest BCUT2D eigenvalue weighted by atomic mass is 9.89. The topological polar surface area (TPSA) is 62.6 Å². The summed E-state index contributed by atoms with van der Waals surface area (Å²) >= 11 is 0. The molecule has 2 bridgehead atoms. The van der Waals surface area contributed by atoms with Crippen LogP contribution < -0.4 is 0 Å². The van der Waals surface area contributed by atoms with Gasteiger partial charge in [0.2, 0.25) is 0 Å². The van der Waals surface area contributed by atoms with E-state index in [1.807, 2.05) is 30.3 Å². The lowest BCUT2D eigenvalue weighted by Gasteiger charge is -2.43. The average molecular weight is 396 g/mol. The Morgan fingerprint density at radius 3 is 2.72 bits per heavy atom. The zero-order valence-corrected chi connectivity index (χ0v) is 15.5. The molecule has 0 radical (unpaired) electrons.